The summed E-state index contributed by atoms with van der Waals surface area (Å²) in [5.41, 5.74) is 6.08. The van der Waals surface area contributed by atoms with E-state index in [1.807, 2.05) is 4.90 Å². The van der Waals surface area contributed by atoms with Gasteiger partial charge >= 0.3 is 0 Å². The van der Waals surface area contributed by atoms with Gasteiger partial charge in [0.1, 0.15) is 0 Å². The van der Waals surface area contributed by atoms with Gasteiger partial charge in [-0.15, -0.1) is 5.10 Å². The number of nitrogens with zero attached hydrogens (tertiary/aromatic N) is 3. The lowest BCUT2D eigenvalue weighted by molar-refractivity contribution is 0.456. The average Bonchev–Trinajstić information content (AvgIpc) is 2.92. The van der Waals surface area contributed by atoms with E-state index in [9.17, 15) is 8.42 Å². The molecule has 11 heteroatoms. The van der Waals surface area contributed by atoms with Gasteiger partial charge < -0.3 is 10.6 Å². The minimum absolute atomic E-state index is 0.132. The van der Waals surface area contributed by atoms with Gasteiger partial charge in [-0.25, -0.2) is 18.2 Å². The van der Waals surface area contributed by atoms with E-state index in [-0.39, 0.29) is 17.7 Å². The third kappa shape index (κ3) is 4.97. The number of halogens is 2. The Hall–Kier alpha value is -1.55. The standard InChI is InChI=1S/C14H18Cl2N6O2S/c15-10-5-9(6-11(16)7-10)8-25(23,24)21-12-1-3-22(4-2-12)14-18-13(17)19-20-14/h5-7,12,21H,1-4,8H2,(H3,17,18,19,20). The fraction of sp³-hybridized carbons (Fsp3) is 0.429. The summed E-state index contributed by atoms with van der Waals surface area (Å²) in [5.74, 6) is 0.635. The van der Waals surface area contributed by atoms with Crippen molar-refractivity contribution < 1.29 is 8.42 Å². The van der Waals surface area contributed by atoms with E-state index in [4.69, 9.17) is 28.9 Å². The number of benzene rings is 1. The number of hydrogen-bond donors (Lipinski definition) is 3. The van der Waals surface area contributed by atoms with Crippen molar-refractivity contribution in [3.63, 3.8) is 0 Å². The second-order valence-corrected chi connectivity index (χ2v) is 8.56. The first-order chi connectivity index (χ1) is 11.8. The number of hydrogen-bond acceptors (Lipinski definition) is 6. The van der Waals surface area contributed by atoms with E-state index in [0.717, 1.165) is 0 Å². The average molecular weight is 405 g/mol. The summed E-state index contributed by atoms with van der Waals surface area (Å²) in [6, 6.07) is 4.64. The molecule has 4 N–H and O–H groups in total. The van der Waals surface area contributed by atoms with Crippen molar-refractivity contribution in [3.8, 4) is 0 Å². The summed E-state index contributed by atoms with van der Waals surface area (Å²) in [6.45, 7) is 1.29. The molecular weight excluding hydrogens is 387 g/mol. The van der Waals surface area contributed by atoms with E-state index in [1.54, 1.807) is 18.2 Å². The number of nitrogens with two attached hydrogens (primary N) is 1. The van der Waals surface area contributed by atoms with Gasteiger partial charge in [-0.05, 0) is 36.6 Å². The zero-order valence-electron chi connectivity index (χ0n) is 13.2. The predicted octanol–water partition coefficient (Wildman–Crippen LogP) is 1.78. The van der Waals surface area contributed by atoms with Crippen LogP contribution in [0.1, 0.15) is 18.4 Å². The third-order valence-electron chi connectivity index (χ3n) is 3.89. The van der Waals surface area contributed by atoms with Crippen LogP contribution < -0.4 is 15.4 Å². The summed E-state index contributed by atoms with van der Waals surface area (Å²) in [5, 5.41) is 7.43. The smallest absolute Gasteiger partial charge is 0.246 e. The van der Waals surface area contributed by atoms with E-state index in [0.29, 0.717) is 47.5 Å². The van der Waals surface area contributed by atoms with Crippen molar-refractivity contribution in [2.45, 2.75) is 24.6 Å². The molecule has 1 aliphatic heterocycles. The molecule has 0 saturated carbocycles. The van der Waals surface area contributed by atoms with Gasteiger partial charge in [0.15, 0.2) is 0 Å². The van der Waals surface area contributed by atoms with Gasteiger partial charge in [-0.3, -0.25) is 0 Å². The number of rotatable bonds is 5. The minimum atomic E-state index is -3.49. The monoisotopic (exact) mass is 404 g/mol. The number of piperidine rings is 1. The normalized spacial score (nSPS) is 16.3. The highest BCUT2D eigenvalue weighted by Gasteiger charge is 2.25. The summed E-state index contributed by atoms with van der Waals surface area (Å²) in [7, 11) is -3.49. The molecule has 1 saturated heterocycles. The fourth-order valence-electron chi connectivity index (χ4n) is 2.81. The highest BCUT2D eigenvalue weighted by Crippen LogP contribution is 2.21. The molecule has 1 aliphatic rings. The third-order valence-corrected chi connectivity index (χ3v) is 5.74. The van der Waals surface area contributed by atoms with Gasteiger partial charge in [0.2, 0.25) is 21.9 Å². The van der Waals surface area contributed by atoms with Gasteiger partial charge in [0, 0.05) is 29.2 Å². The molecule has 136 valence electrons. The molecule has 1 aromatic carbocycles. The Kier molecular flexibility index (Phi) is 5.38. The molecule has 0 atom stereocenters. The van der Waals surface area contributed by atoms with Crippen molar-refractivity contribution in [1.82, 2.24) is 19.9 Å². The van der Waals surface area contributed by atoms with Crippen LogP contribution in [0.4, 0.5) is 11.9 Å². The van der Waals surface area contributed by atoms with E-state index in [1.165, 1.54) is 0 Å². The fourth-order valence-corrected chi connectivity index (χ4v) is 4.82. The van der Waals surface area contributed by atoms with E-state index < -0.39 is 10.0 Å². The molecule has 0 unspecified atom stereocenters. The van der Waals surface area contributed by atoms with Gasteiger partial charge in [0.25, 0.3) is 0 Å². The molecule has 2 heterocycles. The quantitative estimate of drug-likeness (QED) is 0.698. The lowest BCUT2D eigenvalue weighted by Crippen LogP contribution is -2.45. The number of aromatic amines is 1. The maximum absolute atomic E-state index is 12.4. The summed E-state index contributed by atoms with van der Waals surface area (Å²) in [4.78, 5) is 6.05. The van der Waals surface area contributed by atoms with Crippen LogP contribution in [0.2, 0.25) is 10.0 Å². The lowest BCUT2D eigenvalue weighted by Gasteiger charge is -2.31. The Morgan fingerprint density at radius 1 is 1.24 bits per heavy atom. The van der Waals surface area contributed by atoms with Crippen molar-refractivity contribution >= 4 is 45.1 Å². The van der Waals surface area contributed by atoms with E-state index >= 15 is 0 Å². The van der Waals surface area contributed by atoms with Crippen molar-refractivity contribution in [3.05, 3.63) is 33.8 Å². The summed E-state index contributed by atoms with van der Waals surface area (Å²) in [6.07, 6.45) is 1.31. The number of aromatic nitrogens is 3. The van der Waals surface area contributed by atoms with Crippen LogP contribution in [0.25, 0.3) is 0 Å². The molecule has 2 aromatic rings. The number of anilines is 2. The van der Waals surface area contributed by atoms with Crippen LogP contribution >= 0.6 is 23.2 Å². The van der Waals surface area contributed by atoms with Crippen LogP contribution in [-0.2, 0) is 15.8 Å². The van der Waals surface area contributed by atoms with Crippen LogP contribution in [0.3, 0.4) is 0 Å². The number of sulfonamides is 1. The Balaban J connectivity index is 1.57. The largest absolute Gasteiger partial charge is 0.368 e. The summed E-state index contributed by atoms with van der Waals surface area (Å²) < 4.78 is 27.5. The Bertz CT molecular complexity index is 829. The molecule has 25 heavy (non-hydrogen) atoms. The Labute approximate surface area is 155 Å². The highest BCUT2D eigenvalue weighted by molar-refractivity contribution is 7.88. The molecule has 0 bridgehead atoms. The molecule has 1 aromatic heterocycles. The SMILES string of the molecule is Nc1nc(N2CCC(NS(=O)(=O)Cc3cc(Cl)cc(Cl)c3)CC2)n[nH]1. The molecule has 0 amide bonds. The number of nitrogen functional groups attached to an aromatic ring is 1. The second kappa shape index (κ2) is 7.36. The maximum atomic E-state index is 12.4. The van der Waals surface area contributed by atoms with E-state index in [2.05, 4.69) is 19.9 Å². The topological polar surface area (TPSA) is 117 Å². The van der Waals surface area contributed by atoms with Crippen molar-refractivity contribution in [2.75, 3.05) is 23.7 Å². The predicted molar refractivity (Wildman–Crippen MR) is 98.3 cm³/mol. The molecule has 8 nitrogen and oxygen atoms in total. The second-order valence-electron chi connectivity index (χ2n) is 5.94. The zero-order chi connectivity index (χ0) is 18.0. The Morgan fingerprint density at radius 2 is 1.88 bits per heavy atom. The van der Waals surface area contributed by atoms with Gasteiger partial charge in [0.05, 0.1) is 5.75 Å². The van der Waals surface area contributed by atoms with Crippen LogP contribution in [0, 0.1) is 0 Å². The van der Waals surface area contributed by atoms with Crippen LogP contribution in [0.15, 0.2) is 18.2 Å². The van der Waals surface area contributed by atoms with Gasteiger partial charge in [-0.2, -0.15) is 4.98 Å². The molecule has 3 rings (SSSR count). The molecule has 0 spiro atoms. The molecular formula is C14H18Cl2N6O2S. The number of nitrogens with one attached hydrogen (secondary N) is 2. The Morgan fingerprint density at radius 3 is 2.44 bits per heavy atom. The minimum Gasteiger partial charge on any atom is -0.368 e. The molecule has 0 aliphatic carbocycles. The first kappa shape index (κ1) is 18.2. The van der Waals surface area contributed by atoms with Gasteiger partial charge in [-0.1, -0.05) is 23.2 Å². The van der Waals surface area contributed by atoms with Crippen molar-refractivity contribution in [2.24, 2.45) is 0 Å². The van der Waals surface area contributed by atoms with Crippen molar-refractivity contribution in [1.29, 1.82) is 0 Å². The number of H-pyrrole nitrogens is 1. The highest BCUT2D eigenvalue weighted by atomic mass is 35.5. The lowest BCUT2D eigenvalue weighted by atomic mass is 10.1. The first-order valence-electron chi connectivity index (χ1n) is 7.68. The summed E-state index contributed by atoms with van der Waals surface area (Å²) >= 11 is 11.8. The first-order valence-corrected chi connectivity index (χ1v) is 10.1. The zero-order valence-corrected chi connectivity index (χ0v) is 15.6. The maximum Gasteiger partial charge on any atom is 0.246 e. The molecule has 0 radical (unpaired) electrons. The molecule has 1 fully saturated rings. The van der Waals surface area contributed by atoms with Crippen LogP contribution in [0.5, 0.6) is 0 Å². The van der Waals surface area contributed by atoms with Crippen LogP contribution in [-0.4, -0.2) is 42.7 Å².